The fourth-order valence-corrected chi connectivity index (χ4v) is 1.14. The van der Waals surface area contributed by atoms with E-state index in [1.807, 2.05) is 6.92 Å². The molecule has 3 heteroatoms. The Hall–Kier alpha value is -1.22. The van der Waals surface area contributed by atoms with E-state index in [9.17, 15) is 9.18 Å². The molecule has 0 heterocycles. The first kappa shape index (κ1) is 10.9. The number of aldehydes is 1. The Kier molecular flexibility index (Phi) is 4.26. The van der Waals surface area contributed by atoms with E-state index in [1.54, 1.807) is 0 Å². The molecule has 0 saturated carbocycles. The third-order valence-corrected chi connectivity index (χ3v) is 1.84. The van der Waals surface area contributed by atoms with Gasteiger partial charge in [0.25, 0.3) is 0 Å². The molecule has 1 rings (SSSR count). The SMILES string of the molecule is CCCOCc1cc(F)ccc1C=O. The average Bonchev–Trinajstić information content (AvgIpc) is 2.19. The molecule has 14 heavy (non-hydrogen) atoms. The maximum atomic E-state index is 12.8. The summed E-state index contributed by atoms with van der Waals surface area (Å²) < 4.78 is 18.1. The minimum Gasteiger partial charge on any atom is -0.377 e. The Morgan fingerprint density at radius 2 is 2.29 bits per heavy atom. The van der Waals surface area contributed by atoms with Crippen LogP contribution < -0.4 is 0 Å². The predicted octanol–water partition coefficient (Wildman–Crippen LogP) is 2.56. The molecular formula is C11H13FO2. The summed E-state index contributed by atoms with van der Waals surface area (Å²) in [7, 11) is 0. The van der Waals surface area contributed by atoms with E-state index >= 15 is 0 Å². The van der Waals surface area contributed by atoms with Gasteiger partial charge in [0, 0.05) is 12.2 Å². The van der Waals surface area contributed by atoms with Gasteiger partial charge in [0.15, 0.2) is 0 Å². The molecule has 1 aromatic rings. The number of rotatable bonds is 5. The molecule has 2 nitrogen and oxygen atoms in total. The van der Waals surface area contributed by atoms with Crippen molar-refractivity contribution < 1.29 is 13.9 Å². The topological polar surface area (TPSA) is 26.3 Å². The van der Waals surface area contributed by atoms with Gasteiger partial charge in [-0.2, -0.15) is 0 Å². The standard InChI is InChI=1S/C11H13FO2/c1-2-5-14-8-10-6-11(12)4-3-9(10)7-13/h3-4,6-7H,2,5,8H2,1H3. The van der Waals surface area contributed by atoms with Crippen LogP contribution in [0.25, 0.3) is 0 Å². The zero-order valence-corrected chi connectivity index (χ0v) is 8.13. The first-order chi connectivity index (χ1) is 6.77. The van der Waals surface area contributed by atoms with Gasteiger partial charge in [0.1, 0.15) is 12.1 Å². The van der Waals surface area contributed by atoms with Crippen LogP contribution in [0.3, 0.4) is 0 Å². The van der Waals surface area contributed by atoms with E-state index in [-0.39, 0.29) is 5.82 Å². The lowest BCUT2D eigenvalue weighted by Gasteiger charge is -2.05. The summed E-state index contributed by atoms with van der Waals surface area (Å²) in [5.41, 5.74) is 1.09. The number of carbonyl (C=O) groups excluding carboxylic acids is 1. The minimum absolute atomic E-state index is 0.291. The van der Waals surface area contributed by atoms with Gasteiger partial charge in [-0.05, 0) is 30.2 Å². The molecule has 76 valence electrons. The highest BCUT2D eigenvalue weighted by atomic mass is 19.1. The van der Waals surface area contributed by atoms with Gasteiger partial charge >= 0.3 is 0 Å². The Bertz CT molecular complexity index is 310. The van der Waals surface area contributed by atoms with E-state index in [4.69, 9.17) is 4.74 Å². The third kappa shape index (κ3) is 2.92. The van der Waals surface area contributed by atoms with Crippen LogP contribution >= 0.6 is 0 Å². The number of hydrogen-bond acceptors (Lipinski definition) is 2. The molecule has 0 bridgehead atoms. The van der Waals surface area contributed by atoms with Gasteiger partial charge in [0.05, 0.1) is 6.61 Å². The zero-order chi connectivity index (χ0) is 10.4. The van der Waals surface area contributed by atoms with Gasteiger partial charge in [-0.1, -0.05) is 6.92 Å². The quantitative estimate of drug-likeness (QED) is 0.534. The predicted molar refractivity (Wildman–Crippen MR) is 51.7 cm³/mol. The zero-order valence-electron chi connectivity index (χ0n) is 8.13. The molecular weight excluding hydrogens is 183 g/mol. The molecule has 0 unspecified atom stereocenters. The smallest absolute Gasteiger partial charge is 0.150 e. The second-order valence-corrected chi connectivity index (χ2v) is 3.01. The van der Waals surface area contributed by atoms with E-state index in [0.717, 1.165) is 6.42 Å². The first-order valence-electron chi connectivity index (χ1n) is 4.59. The average molecular weight is 196 g/mol. The van der Waals surface area contributed by atoms with Crippen LogP contribution in [0.15, 0.2) is 18.2 Å². The number of hydrogen-bond donors (Lipinski definition) is 0. The van der Waals surface area contributed by atoms with Crippen LogP contribution in [-0.2, 0) is 11.3 Å². The summed E-state index contributed by atoms with van der Waals surface area (Å²) >= 11 is 0. The summed E-state index contributed by atoms with van der Waals surface area (Å²) in [4.78, 5) is 10.6. The van der Waals surface area contributed by atoms with Crippen molar-refractivity contribution >= 4 is 6.29 Å². The lowest BCUT2D eigenvalue weighted by molar-refractivity contribution is 0.109. The Labute approximate surface area is 82.7 Å². The van der Waals surface area contributed by atoms with E-state index < -0.39 is 0 Å². The molecule has 0 saturated heterocycles. The van der Waals surface area contributed by atoms with Gasteiger partial charge in [-0.15, -0.1) is 0 Å². The van der Waals surface area contributed by atoms with Gasteiger partial charge in [-0.25, -0.2) is 4.39 Å². The van der Waals surface area contributed by atoms with Crippen molar-refractivity contribution in [1.29, 1.82) is 0 Å². The molecule has 0 N–H and O–H groups in total. The molecule has 0 radical (unpaired) electrons. The van der Waals surface area contributed by atoms with Gasteiger partial charge < -0.3 is 4.74 Å². The normalized spacial score (nSPS) is 10.1. The van der Waals surface area contributed by atoms with Crippen molar-refractivity contribution in [2.75, 3.05) is 6.61 Å². The first-order valence-corrected chi connectivity index (χ1v) is 4.59. The molecule has 0 aromatic heterocycles. The summed E-state index contributed by atoms with van der Waals surface area (Å²) in [6, 6.07) is 4.07. The Balaban J connectivity index is 2.72. The van der Waals surface area contributed by atoms with Crippen LogP contribution in [0, 0.1) is 5.82 Å². The van der Waals surface area contributed by atoms with Crippen molar-refractivity contribution in [2.24, 2.45) is 0 Å². The van der Waals surface area contributed by atoms with Crippen LogP contribution in [0.2, 0.25) is 0 Å². The Morgan fingerprint density at radius 3 is 2.93 bits per heavy atom. The molecule has 0 atom stereocenters. The second-order valence-electron chi connectivity index (χ2n) is 3.01. The minimum atomic E-state index is -0.342. The Morgan fingerprint density at radius 1 is 1.50 bits per heavy atom. The third-order valence-electron chi connectivity index (χ3n) is 1.84. The molecule has 1 aromatic carbocycles. The van der Waals surface area contributed by atoms with E-state index in [0.29, 0.717) is 30.6 Å². The number of halogens is 1. The van der Waals surface area contributed by atoms with Crippen molar-refractivity contribution in [3.05, 3.63) is 35.1 Å². The summed E-state index contributed by atoms with van der Waals surface area (Å²) in [6.07, 6.45) is 1.62. The lowest BCUT2D eigenvalue weighted by atomic mass is 10.1. The maximum Gasteiger partial charge on any atom is 0.150 e. The van der Waals surface area contributed by atoms with Crippen molar-refractivity contribution in [1.82, 2.24) is 0 Å². The van der Waals surface area contributed by atoms with Crippen molar-refractivity contribution in [2.45, 2.75) is 20.0 Å². The van der Waals surface area contributed by atoms with Crippen molar-refractivity contribution in [3.8, 4) is 0 Å². The molecule has 0 aliphatic heterocycles. The molecule has 0 amide bonds. The van der Waals surface area contributed by atoms with Gasteiger partial charge in [0.2, 0.25) is 0 Å². The van der Waals surface area contributed by atoms with Crippen molar-refractivity contribution in [3.63, 3.8) is 0 Å². The molecule has 0 aliphatic rings. The number of carbonyl (C=O) groups is 1. The van der Waals surface area contributed by atoms with Crippen LogP contribution in [0.1, 0.15) is 29.3 Å². The number of ether oxygens (including phenoxy) is 1. The second kappa shape index (κ2) is 5.50. The van der Waals surface area contributed by atoms with Gasteiger partial charge in [-0.3, -0.25) is 4.79 Å². The van der Waals surface area contributed by atoms with Crippen LogP contribution in [0.4, 0.5) is 4.39 Å². The fourth-order valence-electron chi connectivity index (χ4n) is 1.14. The summed E-state index contributed by atoms with van der Waals surface area (Å²) in [6.45, 7) is 2.90. The molecule has 0 fully saturated rings. The highest BCUT2D eigenvalue weighted by Crippen LogP contribution is 2.10. The number of benzene rings is 1. The largest absolute Gasteiger partial charge is 0.377 e. The lowest BCUT2D eigenvalue weighted by Crippen LogP contribution is -1.99. The summed E-state index contributed by atoms with van der Waals surface area (Å²) in [5, 5.41) is 0. The molecule has 0 aliphatic carbocycles. The highest BCUT2D eigenvalue weighted by molar-refractivity contribution is 5.77. The van der Waals surface area contributed by atoms with E-state index in [2.05, 4.69) is 0 Å². The maximum absolute atomic E-state index is 12.8. The van der Waals surface area contributed by atoms with E-state index in [1.165, 1.54) is 18.2 Å². The van der Waals surface area contributed by atoms with Crippen LogP contribution in [0.5, 0.6) is 0 Å². The molecule has 0 spiro atoms. The highest BCUT2D eigenvalue weighted by Gasteiger charge is 2.02. The fraction of sp³-hybridized carbons (Fsp3) is 0.364. The monoisotopic (exact) mass is 196 g/mol. The summed E-state index contributed by atoms with van der Waals surface area (Å²) in [5.74, 6) is -0.342. The van der Waals surface area contributed by atoms with Crippen LogP contribution in [-0.4, -0.2) is 12.9 Å².